The molecule has 1 N–H and O–H groups in total. The number of nitrogens with zero attached hydrogens (tertiary/aromatic N) is 2. The molecule has 3 aromatic rings. The van der Waals surface area contributed by atoms with E-state index in [0.29, 0.717) is 11.4 Å². The van der Waals surface area contributed by atoms with Gasteiger partial charge in [-0.3, -0.25) is 18.5 Å². The number of carbonyl (C=O) groups excluding carboxylic acids is 1. The van der Waals surface area contributed by atoms with Gasteiger partial charge >= 0.3 is 4.87 Å². The molecule has 1 heterocycles. The Kier molecular flexibility index (Phi) is 7.03. The van der Waals surface area contributed by atoms with E-state index in [0.717, 1.165) is 32.1 Å². The number of carbonyl (C=O) groups is 1. The number of nitrogens with one attached hydrogen (secondary N) is 1. The number of methoxy groups -OCH3 is 2. The van der Waals surface area contributed by atoms with Crippen molar-refractivity contribution in [3.8, 4) is 11.5 Å². The SMILES string of the molecule is COc1ccc(OC)c(N([C@@H](C)C(=O)Nc2ccc3c(c2)sc(=O)n3C(C)C)S(C)(=O)=O)c1. The monoisotopic (exact) mass is 493 g/mol. The van der Waals surface area contributed by atoms with Crippen LogP contribution in [-0.2, 0) is 14.8 Å². The van der Waals surface area contributed by atoms with E-state index < -0.39 is 22.0 Å². The first-order valence-electron chi connectivity index (χ1n) is 10.1. The van der Waals surface area contributed by atoms with Gasteiger partial charge in [-0.25, -0.2) is 8.42 Å². The molecule has 0 bridgehead atoms. The normalized spacial score (nSPS) is 12.6. The Morgan fingerprint density at radius 2 is 1.79 bits per heavy atom. The van der Waals surface area contributed by atoms with Gasteiger partial charge in [-0.05, 0) is 51.1 Å². The minimum Gasteiger partial charge on any atom is -0.497 e. The zero-order valence-corrected chi connectivity index (χ0v) is 20.9. The molecule has 3 rings (SSSR count). The maximum Gasteiger partial charge on any atom is 0.308 e. The molecule has 0 saturated carbocycles. The summed E-state index contributed by atoms with van der Waals surface area (Å²) in [5.74, 6) is 0.157. The lowest BCUT2D eigenvalue weighted by Gasteiger charge is -2.29. The van der Waals surface area contributed by atoms with Crippen molar-refractivity contribution in [3.63, 3.8) is 0 Å². The second kappa shape index (κ2) is 9.44. The number of fused-ring (bicyclic) bond motifs is 1. The Hall–Kier alpha value is -3.05. The first-order valence-corrected chi connectivity index (χ1v) is 12.8. The molecule has 0 fully saturated rings. The molecule has 0 radical (unpaired) electrons. The maximum absolute atomic E-state index is 13.1. The van der Waals surface area contributed by atoms with E-state index in [1.54, 1.807) is 34.9 Å². The van der Waals surface area contributed by atoms with E-state index in [4.69, 9.17) is 9.47 Å². The van der Waals surface area contributed by atoms with E-state index in [1.807, 2.05) is 13.8 Å². The van der Waals surface area contributed by atoms with E-state index >= 15 is 0 Å². The standard InChI is InChI=1S/C22H27N3O6S2/c1-13(2)24-17-9-7-15(11-20(17)32-22(24)27)23-21(26)14(3)25(33(6,28)29)18-12-16(30-4)8-10-19(18)31-5/h7-14H,1-6H3,(H,23,26)/t14-/m0/s1. The fourth-order valence-corrected chi connectivity index (χ4v) is 5.82. The Balaban J connectivity index is 1.96. The van der Waals surface area contributed by atoms with Crippen molar-refractivity contribution >= 4 is 48.9 Å². The Morgan fingerprint density at radius 3 is 2.36 bits per heavy atom. The van der Waals surface area contributed by atoms with Crippen LogP contribution in [0.2, 0.25) is 0 Å². The van der Waals surface area contributed by atoms with Crippen LogP contribution >= 0.6 is 11.3 Å². The molecule has 9 nitrogen and oxygen atoms in total. The number of sulfonamides is 1. The van der Waals surface area contributed by atoms with Crippen molar-refractivity contribution in [2.75, 3.05) is 30.1 Å². The van der Waals surface area contributed by atoms with Crippen LogP contribution in [-0.4, -0.2) is 45.4 Å². The van der Waals surface area contributed by atoms with Gasteiger partial charge < -0.3 is 14.8 Å². The van der Waals surface area contributed by atoms with Gasteiger partial charge in [0, 0.05) is 17.8 Å². The number of ether oxygens (including phenoxy) is 2. The number of hydrogen-bond acceptors (Lipinski definition) is 7. The molecule has 0 unspecified atom stereocenters. The molecule has 1 atom stereocenters. The second-order valence-electron chi connectivity index (χ2n) is 7.78. The molecular formula is C22H27N3O6S2. The number of rotatable bonds is 8. The molecule has 2 aromatic carbocycles. The molecule has 11 heteroatoms. The van der Waals surface area contributed by atoms with Crippen LogP contribution in [0.5, 0.6) is 11.5 Å². The smallest absolute Gasteiger partial charge is 0.308 e. The first-order chi connectivity index (χ1) is 15.5. The van der Waals surface area contributed by atoms with Crippen LogP contribution in [0, 0.1) is 0 Å². The van der Waals surface area contributed by atoms with Crippen molar-refractivity contribution in [1.29, 1.82) is 0 Å². The van der Waals surface area contributed by atoms with Crippen molar-refractivity contribution in [2.24, 2.45) is 0 Å². The van der Waals surface area contributed by atoms with Crippen molar-refractivity contribution in [2.45, 2.75) is 32.9 Å². The third-order valence-electron chi connectivity index (χ3n) is 5.11. The predicted molar refractivity (Wildman–Crippen MR) is 131 cm³/mol. The molecule has 33 heavy (non-hydrogen) atoms. The predicted octanol–water partition coefficient (Wildman–Crippen LogP) is 3.45. The molecule has 0 spiro atoms. The van der Waals surface area contributed by atoms with Crippen LogP contribution in [0.15, 0.2) is 41.2 Å². The maximum atomic E-state index is 13.1. The molecule has 1 amide bonds. The van der Waals surface area contributed by atoms with Gasteiger partial charge in [0.1, 0.15) is 17.5 Å². The summed E-state index contributed by atoms with van der Waals surface area (Å²) >= 11 is 1.09. The number of thiazole rings is 1. The van der Waals surface area contributed by atoms with Crippen LogP contribution in [0.25, 0.3) is 10.2 Å². The quantitative estimate of drug-likeness (QED) is 0.515. The average Bonchev–Trinajstić information content (AvgIpc) is 3.07. The molecule has 0 saturated heterocycles. The van der Waals surface area contributed by atoms with Crippen molar-refractivity contribution in [3.05, 3.63) is 46.1 Å². The number of amides is 1. The van der Waals surface area contributed by atoms with E-state index in [9.17, 15) is 18.0 Å². The van der Waals surface area contributed by atoms with Gasteiger partial charge in [-0.15, -0.1) is 0 Å². The fraction of sp³-hybridized carbons (Fsp3) is 0.364. The summed E-state index contributed by atoms with van der Waals surface area (Å²) in [6, 6.07) is 8.79. The lowest BCUT2D eigenvalue weighted by Crippen LogP contribution is -2.45. The average molecular weight is 494 g/mol. The molecular weight excluding hydrogens is 466 g/mol. The van der Waals surface area contributed by atoms with Crippen LogP contribution in [0.3, 0.4) is 0 Å². The number of anilines is 2. The lowest BCUT2D eigenvalue weighted by atomic mass is 10.2. The number of benzene rings is 2. The molecule has 1 aromatic heterocycles. The lowest BCUT2D eigenvalue weighted by molar-refractivity contribution is -0.116. The first kappa shape index (κ1) is 24.6. The largest absolute Gasteiger partial charge is 0.497 e. The summed E-state index contributed by atoms with van der Waals surface area (Å²) in [6.07, 6.45) is 1.02. The van der Waals surface area contributed by atoms with E-state index in [2.05, 4.69) is 5.32 Å². The summed E-state index contributed by atoms with van der Waals surface area (Å²) < 4.78 is 39.3. The van der Waals surface area contributed by atoms with Gasteiger partial charge in [0.2, 0.25) is 15.9 Å². The zero-order valence-electron chi connectivity index (χ0n) is 19.3. The van der Waals surface area contributed by atoms with Crippen LogP contribution < -0.4 is 24.0 Å². The molecule has 178 valence electrons. The summed E-state index contributed by atoms with van der Waals surface area (Å²) in [5, 5.41) is 2.76. The minimum absolute atomic E-state index is 0.00729. The van der Waals surface area contributed by atoms with Gasteiger partial charge in [0.05, 0.1) is 36.4 Å². The molecule has 0 aliphatic rings. The summed E-state index contributed by atoms with van der Waals surface area (Å²) in [4.78, 5) is 25.3. The fourth-order valence-electron chi connectivity index (χ4n) is 3.60. The van der Waals surface area contributed by atoms with Crippen LogP contribution in [0.4, 0.5) is 11.4 Å². The molecule has 0 aliphatic carbocycles. The van der Waals surface area contributed by atoms with E-state index in [-0.39, 0.29) is 22.4 Å². The summed E-state index contributed by atoms with van der Waals surface area (Å²) in [6.45, 7) is 5.34. The minimum atomic E-state index is -3.86. The third kappa shape index (κ3) is 4.98. The van der Waals surface area contributed by atoms with Crippen molar-refractivity contribution in [1.82, 2.24) is 4.57 Å². The highest BCUT2D eigenvalue weighted by Gasteiger charge is 2.32. The Morgan fingerprint density at radius 1 is 1.09 bits per heavy atom. The van der Waals surface area contributed by atoms with Crippen molar-refractivity contribution < 1.29 is 22.7 Å². The highest BCUT2D eigenvalue weighted by atomic mass is 32.2. The Labute approximate surface area is 196 Å². The number of aromatic nitrogens is 1. The number of hydrogen-bond donors (Lipinski definition) is 1. The second-order valence-corrected chi connectivity index (χ2v) is 10.6. The van der Waals surface area contributed by atoms with Gasteiger partial charge in [0.15, 0.2) is 0 Å². The van der Waals surface area contributed by atoms with E-state index in [1.165, 1.54) is 27.2 Å². The van der Waals surface area contributed by atoms with Gasteiger partial charge in [0.25, 0.3) is 0 Å². The Bertz CT molecular complexity index is 1340. The van der Waals surface area contributed by atoms with Crippen LogP contribution in [0.1, 0.15) is 26.8 Å². The van der Waals surface area contributed by atoms with Gasteiger partial charge in [-0.2, -0.15) is 0 Å². The topological polar surface area (TPSA) is 107 Å². The summed E-state index contributed by atoms with van der Waals surface area (Å²) in [7, 11) is -0.985. The van der Waals surface area contributed by atoms with Gasteiger partial charge in [-0.1, -0.05) is 11.3 Å². The summed E-state index contributed by atoms with van der Waals surface area (Å²) in [5.41, 5.74) is 1.43. The highest BCUT2D eigenvalue weighted by Crippen LogP contribution is 2.35. The highest BCUT2D eigenvalue weighted by molar-refractivity contribution is 7.92. The third-order valence-corrected chi connectivity index (χ3v) is 7.25. The molecule has 0 aliphatic heterocycles. The zero-order chi connectivity index (χ0) is 24.5.